The number of hydrogen-bond donors (Lipinski definition) is 0. The number of carbonyl (C=O) groups excluding carboxylic acids is 2. The van der Waals surface area contributed by atoms with Gasteiger partial charge >= 0.3 is 6.09 Å². The number of ether oxygens (including phenoxy) is 2. The maximum absolute atomic E-state index is 14.6. The molecule has 1 atom stereocenters. The van der Waals surface area contributed by atoms with Crippen molar-refractivity contribution in [3.8, 4) is 22.7 Å². The first-order valence-corrected chi connectivity index (χ1v) is 15.9. The Hall–Kier alpha value is -5.44. The maximum Gasteiger partial charge on any atom is 0.410 e. The van der Waals surface area contributed by atoms with Crippen molar-refractivity contribution in [1.29, 1.82) is 0 Å². The van der Waals surface area contributed by atoms with E-state index in [-0.39, 0.29) is 23.7 Å². The predicted molar refractivity (Wildman–Crippen MR) is 180 cm³/mol. The molecule has 6 rings (SSSR count). The number of para-hydroxylation sites is 2. The van der Waals surface area contributed by atoms with Crippen LogP contribution < -0.4 is 4.74 Å². The zero-order valence-corrected chi connectivity index (χ0v) is 27.0. The molecule has 0 bridgehead atoms. The van der Waals surface area contributed by atoms with Gasteiger partial charge in [-0.1, -0.05) is 108 Å². The summed E-state index contributed by atoms with van der Waals surface area (Å²) < 4.78 is 13.7. The number of benzene rings is 4. The number of rotatable bonds is 8. The summed E-state index contributed by atoms with van der Waals surface area (Å²) in [4.78, 5) is 31.2. The van der Waals surface area contributed by atoms with Gasteiger partial charge in [0.2, 0.25) is 0 Å². The van der Waals surface area contributed by atoms with Crippen molar-refractivity contribution in [2.75, 3.05) is 19.6 Å². The van der Waals surface area contributed by atoms with Gasteiger partial charge in [-0.25, -0.2) is 9.48 Å². The van der Waals surface area contributed by atoms with Crippen molar-refractivity contribution < 1.29 is 19.1 Å². The maximum atomic E-state index is 14.6. The summed E-state index contributed by atoms with van der Waals surface area (Å²) in [5.41, 5.74) is 3.75. The number of carbonyl (C=O) groups is 2. The Labute approximate surface area is 275 Å². The van der Waals surface area contributed by atoms with Crippen molar-refractivity contribution in [3.05, 3.63) is 132 Å². The molecular weight excluding hydrogens is 590 g/mol. The van der Waals surface area contributed by atoms with Crippen LogP contribution in [0, 0.1) is 0 Å². The normalized spacial score (nSPS) is 14.9. The smallest absolute Gasteiger partial charge is 0.410 e. The van der Waals surface area contributed by atoms with E-state index < -0.39 is 5.60 Å². The predicted octanol–water partition coefficient (Wildman–Crippen LogP) is 6.82. The van der Waals surface area contributed by atoms with Gasteiger partial charge in [-0.3, -0.25) is 4.79 Å². The van der Waals surface area contributed by atoms with E-state index in [1.165, 1.54) is 0 Å². The Kier molecular flexibility index (Phi) is 9.33. The van der Waals surface area contributed by atoms with Crippen molar-refractivity contribution in [2.24, 2.45) is 0 Å². The molecule has 1 saturated heterocycles. The molecule has 2 amide bonds. The zero-order valence-electron chi connectivity index (χ0n) is 27.0. The lowest BCUT2D eigenvalue weighted by Gasteiger charge is -2.41. The highest BCUT2D eigenvalue weighted by molar-refractivity contribution is 5.98. The Morgan fingerprint density at radius 1 is 0.787 bits per heavy atom. The first kappa shape index (κ1) is 31.5. The molecule has 0 saturated carbocycles. The molecule has 1 aliphatic rings. The van der Waals surface area contributed by atoms with E-state index >= 15 is 0 Å². The van der Waals surface area contributed by atoms with E-state index in [0.29, 0.717) is 49.8 Å². The molecule has 0 N–H and O–H groups in total. The summed E-state index contributed by atoms with van der Waals surface area (Å²) >= 11 is 0. The van der Waals surface area contributed by atoms with E-state index in [4.69, 9.17) is 9.47 Å². The van der Waals surface area contributed by atoms with Crippen LogP contribution in [0.25, 0.3) is 16.9 Å². The minimum atomic E-state index is -0.622. The van der Waals surface area contributed by atoms with Gasteiger partial charge in [0.15, 0.2) is 5.69 Å². The molecule has 4 aromatic carbocycles. The molecule has 9 heteroatoms. The van der Waals surface area contributed by atoms with Crippen LogP contribution in [0.3, 0.4) is 0 Å². The Balaban J connectivity index is 1.35. The van der Waals surface area contributed by atoms with Crippen LogP contribution in [0.1, 0.15) is 42.4 Å². The molecule has 0 radical (unpaired) electrons. The first-order chi connectivity index (χ1) is 22.8. The van der Waals surface area contributed by atoms with Crippen LogP contribution in [0.4, 0.5) is 4.79 Å². The second kappa shape index (κ2) is 13.9. The van der Waals surface area contributed by atoms with Crippen LogP contribution >= 0.6 is 0 Å². The topological polar surface area (TPSA) is 89.8 Å². The summed E-state index contributed by atoms with van der Waals surface area (Å²) in [5.74, 6) is 0.368. The molecule has 1 unspecified atom stereocenters. The number of nitrogens with zero attached hydrogens (tertiary/aromatic N) is 5. The van der Waals surface area contributed by atoms with Gasteiger partial charge in [0.1, 0.15) is 29.3 Å². The Morgan fingerprint density at radius 2 is 1.40 bits per heavy atom. The fraction of sp³-hybridized carbons (Fsp3) is 0.263. The second-order valence-electron chi connectivity index (χ2n) is 12.6. The second-order valence-corrected chi connectivity index (χ2v) is 12.6. The summed E-state index contributed by atoms with van der Waals surface area (Å²) in [6, 6.07) is 36.9. The van der Waals surface area contributed by atoms with Gasteiger partial charge < -0.3 is 19.3 Å². The molecule has 0 spiro atoms. The SMILES string of the molecule is CC(C)(C)OC(=O)N1CCN(C(=O)c2nnn(-c3ccccc3OCc3ccccc3)c2-c2ccccc2)C(Cc2ccccc2)C1. The lowest BCUT2D eigenvalue weighted by atomic mass is 10.0. The van der Waals surface area contributed by atoms with E-state index in [2.05, 4.69) is 10.3 Å². The highest BCUT2D eigenvalue weighted by atomic mass is 16.6. The van der Waals surface area contributed by atoms with E-state index in [1.807, 2.05) is 141 Å². The fourth-order valence-corrected chi connectivity index (χ4v) is 5.75. The van der Waals surface area contributed by atoms with Crippen molar-refractivity contribution in [2.45, 2.75) is 45.4 Å². The highest BCUT2D eigenvalue weighted by Crippen LogP contribution is 2.32. The minimum Gasteiger partial charge on any atom is -0.487 e. The molecule has 47 heavy (non-hydrogen) atoms. The third-order valence-corrected chi connectivity index (χ3v) is 7.96. The third-order valence-electron chi connectivity index (χ3n) is 7.96. The van der Waals surface area contributed by atoms with Crippen LogP contribution in [0.5, 0.6) is 5.75 Å². The number of amides is 2. The third kappa shape index (κ3) is 7.52. The van der Waals surface area contributed by atoms with E-state index in [9.17, 15) is 9.59 Å². The fourth-order valence-electron chi connectivity index (χ4n) is 5.75. The molecule has 240 valence electrons. The lowest BCUT2D eigenvalue weighted by Crippen LogP contribution is -2.58. The molecule has 0 aliphatic carbocycles. The van der Waals surface area contributed by atoms with Crippen LogP contribution in [-0.2, 0) is 17.8 Å². The molecule has 1 fully saturated rings. The van der Waals surface area contributed by atoms with Crippen molar-refractivity contribution in [1.82, 2.24) is 24.8 Å². The van der Waals surface area contributed by atoms with Gasteiger partial charge in [-0.05, 0) is 50.5 Å². The van der Waals surface area contributed by atoms with E-state index in [0.717, 1.165) is 16.7 Å². The van der Waals surface area contributed by atoms with Gasteiger partial charge in [0.25, 0.3) is 5.91 Å². The van der Waals surface area contributed by atoms with Crippen molar-refractivity contribution in [3.63, 3.8) is 0 Å². The summed E-state index contributed by atoms with van der Waals surface area (Å²) in [5, 5.41) is 9.05. The lowest BCUT2D eigenvalue weighted by molar-refractivity contribution is 0.00427. The monoisotopic (exact) mass is 629 g/mol. The first-order valence-electron chi connectivity index (χ1n) is 15.9. The standard InChI is InChI=1S/C38H39N5O4/c1-38(2,3)47-37(45)41-23-24-42(31(26-41)25-28-15-7-4-8-16-28)36(44)34-35(30-19-11-6-12-20-30)43(40-39-34)32-21-13-14-22-33(32)46-27-29-17-9-5-10-18-29/h4-22,31H,23-27H2,1-3H3. The Morgan fingerprint density at radius 3 is 2.09 bits per heavy atom. The van der Waals surface area contributed by atoms with Gasteiger partial charge in [-0.2, -0.15) is 0 Å². The summed E-state index contributed by atoms with van der Waals surface area (Å²) in [7, 11) is 0. The van der Waals surface area contributed by atoms with E-state index in [1.54, 1.807) is 9.58 Å². The molecule has 9 nitrogen and oxygen atoms in total. The molecule has 5 aromatic rings. The van der Waals surface area contributed by atoms with Crippen molar-refractivity contribution >= 4 is 12.0 Å². The molecular formula is C38H39N5O4. The van der Waals surface area contributed by atoms with Crippen LogP contribution in [-0.4, -0.2) is 68.1 Å². The zero-order chi connectivity index (χ0) is 32.8. The largest absolute Gasteiger partial charge is 0.487 e. The Bertz CT molecular complexity index is 1800. The molecule has 2 heterocycles. The average molecular weight is 630 g/mol. The minimum absolute atomic E-state index is 0.234. The number of piperazine rings is 1. The average Bonchev–Trinajstić information content (AvgIpc) is 3.53. The molecule has 1 aliphatic heterocycles. The van der Waals surface area contributed by atoms with Gasteiger partial charge in [0.05, 0.1) is 6.04 Å². The highest BCUT2D eigenvalue weighted by Gasteiger charge is 2.37. The summed E-state index contributed by atoms with van der Waals surface area (Å²) in [6.07, 6.45) is 0.183. The van der Waals surface area contributed by atoms with Gasteiger partial charge in [-0.15, -0.1) is 5.10 Å². The van der Waals surface area contributed by atoms with Gasteiger partial charge in [0, 0.05) is 25.2 Å². The number of aromatic nitrogens is 3. The quantitative estimate of drug-likeness (QED) is 0.187. The van der Waals surface area contributed by atoms with Crippen LogP contribution in [0.2, 0.25) is 0 Å². The number of hydrogen-bond acceptors (Lipinski definition) is 6. The van der Waals surface area contributed by atoms with Crippen LogP contribution in [0.15, 0.2) is 115 Å². The molecule has 1 aromatic heterocycles. The summed E-state index contributed by atoms with van der Waals surface area (Å²) in [6.45, 7) is 6.94.